The van der Waals surface area contributed by atoms with E-state index in [1.54, 1.807) is 0 Å². The van der Waals surface area contributed by atoms with Crippen molar-refractivity contribution >= 4 is 17.8 Å². The Bertz CT molecular complexity index is 540. The molecule has 0 spiro atoms. The second-order valence-corrected chi connectivity index (χ2v) is 4.21. The number of carbonyl (C=O) groups is 3. The fourth-order valence-electron chi connectivity index (χ4n) is 1.39. The largest absolute Gasteiger partial charge is 0.466 e. The first-order chi connectivity index (χ1) is 10.5. The molecule has 0 aliphatic heterocycles. The second kappa shape index (κ2) is 9.30. The third kappa shape index (κ3) is 6.67. The lowest BCUT2D eigenvalue weighted by Crippen LogP contribution is -2.37. The van der Waals surface area contributed by atoms with Gasteiger partial charge in [-0.2, -0.15) is 0 Å². The topological polar surface area (TPSA) is 102 Å². The molecule has 0 radical (unpaired) electrons. The van der Waals surface area contributed by atoms with Gasteiger partial charge in [-0.1, -0.05) is 30.3 Å². The molecule has 1 atom stereocenters. The first-order valence-electron chi connectivity index (χ1n) is 6.45. The van der Waals surface area contributed by atoms with Crippen LogP contribution in [0.3, 0.4) is 0 Å². The van der Waals surface area contributed by atoms with Crippen LogP contribution in [0.1, 0.15) is 5.56 Å². The number of aliphatic hydroxyl groups excluding tert-OH is 1. The number of hydrogen-bond acceptors (Lipinski definition) is 6. The zero-order valence-electron chi connectivity index (χ0n) is 12.0. The SMILES string of the molecule is COC(=O)/C=C/C(=O)OCC(O)C(=O)NCc1ccccc1. The van der Waals surface area contributed by atoms with E-state index in [1.807, 2.05) is 30.3 Å². The maximum Gasteiger partial charge on any atom is 0.331 e. The fraction of sp³-hybridized carbons (Fsp3) is 0.267. The van der Waals surface area contributed by atoms with Gasteiger partial charge in [0.1, 0.15) is 6.61 Å². The van der Waals surface area contributed by atoms with Crippen LogP contribution in [-0.4, -0.2) is 42.8 Å². The molecule has 0 heterocycles. The molecule has 7 nitrogen and oxygen atoms in total. The normalized spacial score (nSPS) is 11.7. The molecule has 1 aromatic carbocycles. The molecule has 0 fully saturated rings. The lowest BCUT2D eigenvalue weighted by molar-refractivity contribution is -0.145. The molecule has 1 amide bonds. The van der Waals surface area contributed by atoms with Gasteiger partial charge in [0.25, 0.3) is 5.91 Å². The highest BCUT2D eigenvalue weighted by molar-refractivity contribution is 5.91. The van der Waals surface area contributed by atoms with Crippen LogP contribution >= 0.6 is 0 Å². The Kier molecular flexibility index (Phi) is 7.35. The van der Waals surface area contributed by atoms with E-state index in [2.05, 4.69) is 14.8 Å². The van der Waals surface area contributed by atoms with E-state index in [4.69, 9.17) is 0 Å². The summed E-state index contributed by atoms with van der Waals surface area (Å²) in [4.78, 5) is 33.6. The summed E-state index contributed by atoms with van der Waals surface area (Å²) in [5.74, 6) is -2.23. The quantitative estimate of drug-likeness (QED) is 0.540. The Hall–Kier alpha value is -2.67. The highest BCUT2D eigenvalue weighted by Gasteiger charge is 2.16. The summed E-state index contributed by atoms with van der Waals surface area (Å²) in [5, 5.41) is 12.1. The molecular weight excluding hydrogens is 290 g/mol. The van der Waals surface area contributed by atoms with Crippen LogP contribution in [0.4, 0.5) is 0 Å². The molecule has 0 aromatic heterocycles. The number of carbonyl (C=O) groups excluding carboxylic acids is 3. The van der Waals surface area contributed by atoms with Gasteiger partial charge in [-0.05, 0) is 5.56 Å². The molecule has 0 aliphatic rings. The highest BCUT2D eigenvalue weighted by atomic mass is 16.5. The Labute approximate surface area is 127 Å². The fourth-order valence-corrected chi connectivity index (χ4v) is 1.39. The van der Waals surface area contributed by atoms with Crippen LogP contribution < -0.4 is 5.32 Å². The molecule has 0 aliphatic carbocycles. The summed E-state index contributed by atoms with van der Waals surface area (Å²) < 4.78 is 8.92. The summed E-state index contributed by atoms with van der Waals surface area (Å²) in [7, 11) is 1.17. The van der Waals surface area contributed by atoms with Crippen LogP contribution in [-0.2, 0) is 30.4 Å². The zero-order chi connectivity index (χ0) is 16.4. The number of ether oxygens (including phenoxy) is 2. The van der Waals surface area contributed by atoms with Crippen molar-refractivity contribution in [3.63, 3.8) is 0 Å². The van der Waals surface area contributed by atoms with Crippen molar-refractivity contribution < 1.29 is 29.0 Å². The number of hydrogen-bond donors (Lipinski definition) is 2. The summed E-state index contributed by atoms with van der Waals surface area (Å²) in [6.45, 7) is -0.252. The molecule has 0 saturated carbocycles. The number of rotatable bonds is 7. The minimum absolute atomic E-state index is 0.257. The lowest BCUT2D eigenvalue weighted by atomic mass is 10.2. The smallest absolute Gasteiger partial charge is 0.331 e. The number of nitrogens with one attached hydrogen (secondary N) is 1. The van der Waals surface area contributed by atoms with E-state index in [1.165, 1.54) is 7.11 Å². The van der Waals surface area contributed by atoms with E-state index < -0.39 is 30.6 Å². The zero-order valence-corrected chi connectivity index (χ0v) is 12.0. The molecule has 0 saturated heterocycles. The Morgan fingerprint density at radius 1 is 1.18 bits per heavy atom. The van der Waals surface area contributed by atoms with E-state index in [9.17, 15) is 19.5 Å². The van der Waals surface area contributed by atoms with Crippen LogP contribution in [0.5, 0.6) is 0 Å². The summed E-state index contributed by atoms with van der Waals surface area (Å²) in [5.41, 5.74) is 0.876. The van der Waals surface area contributed by atoms with Crippen molar-refractivity contribution in [2.24, 2.45) is 0 Å². The van der Waals surface area contributed by atoms with Crippen molar-refractivity contribution in [3.8, 4) is 0 Å². The van der Waals surface area contributed by atoms with Gasteiger partial charge < -0.3 is 19.9 Å². The Balaban J connectivity index is 2.30. The van der Waals surface area contributed by atoms with Crippen molar-refractivity contribution in [1.82, 2.24) is 5.32 Å². The highest BCUT2D eigenvalue weighted by Crippen LogP contribution is 1.98. The van der Waals surface area contributed by atoms with E-state index in [0.29, 0.717) is 0 Å². The molecular formula is C15H17NO6. The Morgan fingerprint density at radius 3 is 2.45 bits per heavy atom. The molecule has 1 aromatic rings. The van der Waals surface area contributed by atoms with Crippen LogP contribution in [0, 0.1) is 0 Å². The minimum atomic E-state index is -1.49. The van der Waals surface area contributed by atoms with Crippen molar-refractivity contribution in [2.45, 2.75) is 12.6 Å². The van der Waals surface area contributed by atoms with Crippen molar-refractivity contribution in [3.05, 3.63) is 48.0 Å². The molecule has 7 heteroatoms. The van der Waals surface area contributed by atoms with Gasteiger partial charge in [0.2, 0.25) is 0 Å². The number of methoxy groups -OCH3 is 1. The average Bonchev–Trinajstić information content (AvgIpc) is 2.56. The van der Waals surface area contributed by atoms with Gasteiger partial charge in [0.05, 0.1) is 7.11 Å². The van der Waals surface area contributed by atoms with Gasteiger partial charge >= 0.3 is 11.9 Å². The third-order valence-corrected chi connectivity index (χ3v) is 2.55. The summed E-state index contributed by atoms with van der Waals surface area (Å²) >= 11 is 0. The minimum Gasteiger partial charge on any atom is -0.466 e. The third-order valence-electron chi connectivity index (χ3n) is 2.55. The van der Waals surface area contributed by atoms with Crippen LogP contribution in [0.2, 0.25) is 0 Å². The molecule has 22 heavy (non-hydrogen) atoms. The maximum absolute atomic E-state index is 11.6. The van der Waals surface area contributed by atoms with E-state index in [-0.39, 0.29) is 6.54 Å². The molecule has 0 bridgehead atoms. The number of benzene rings is 1. The van der Waals surface area contributed by atoms with Gasteiger partial charge in [-0.3, -0.25) is 4.79 Å². The monoisotopic (exact) mass is 307 g/mol. The number of esters is 2. The predicted octanol–water partition coefficient (Wildman–Crippen LogP) is -0.0639. The summed E-state index contributed by atoms with van der Waals surface area (Å²) in [6.07, 6.45) is 0.240. The van der Waals surface area contributed by atoms with E-state index >= 15 is 0 Å². The van der Waals surface area contributed by atoms with Crippen molar-refractivity contribution in [1.29, 1.82) is 0 Å². The lowest BCUT2D eigenvalue weighted by Gasteiger charge is -2.11. The molecule has 2 N–H and O–H groups in total. The maximum atomic E-state index is 11.6. The average molecular weight is 307 g/mol. The molecule has 1 unspecified atom stereocenters. The molecule has 118 valence electrons. The predicted molar refractivity (Wildman–Crippen MR) is 76.4 cm³/mol. The first-order valence-corrected chi connectivity index (χ1v) is 6.45. The number of aliphatic hydroxyl groups is 1. The first kappa shape index (κ1) is 17.4. The van der Waals surface area contributed by atoms with Gasteiger partial charge in [0, 0.05) is 18.7 Å². The summed E-state index contributed by atoms with van der Waals surface area (Å²) in [6, 6.07) is 9.15. The van der Waals surface area contributed by atoms with Gasteiger partial charge in [-0.25, -0.2) is 9.59 Å². The Morgan fingerprint density at radius 2 is 1.82 bits per heavy atom. The standard InChI is InChI=1S/C15H17NO6/c1-21-13(18)7-8-14(19)22-10-12(17)15(20)16-9-11-5-3-2-4-6-11/h2-8,12,17H,9-10H2,1H3,(H,16,20)/b8-7+. The van der Waals surface area contributed by atoms with Crippen LogP contribution in [0.25, 0.3) is 0 Å². The van der Waals surface area contributed by atoms with Crippen molar-refractivity contribution in [2.75, 3.05) is 13.7 Å². The number of amides is 1. The molecule has 1 rings (SSSR count). The van der Waals surface area contributed by atoms with Gasteiger partial charge in [0.15, 0.2) is 6.10 Å². The van der Waals surface area contributed by atoms with Crippen LogP contribution in [0.15, 0.2) is 42.5 Å². The second-order valence-electron chi connectivity index (χ2n) is 4.21. The van der Waals surface area contributed by atoms with E-state index in [0.717, 1.165) is 17.7 Å². The van der Waals surface area contributed by atoms with Gasteiger partial charge in [-0.15, -0.1) is 0 Å².